The Hall–Kier alpha value is -1.14. The number of nitrogens with zero attached hydrogens (tertiary/aromatic N) is 1. The van der Waals surface area contributed by atoms with Gasteiger partial charge in [-0.3, -0.25) is 15.0 Å². The van der Waals surface area contributed by atoms with Crippen LogP contribution in [0.5, 0.6) is 0 Å². The minimum Gasteiger partial charge on any atom is -0.453 e. The third-order valence-corrected chi connectivity index (χ3v) is 4.25. The molecule has 2 fully saturated rings. The fourth-order valence-corrected chi connectivity index (χ4v) is 3.39. The van der Waals surface area contributed by atoms with Gasteiger partial charge in [0.1, 0.15) is 0 Å². The van der Waals surface area contributed by atoms with E-state index in [2.05, 4.69) is 27.2 Å². The van der Waals surface area contributed by atoms with Crippen LogP contribution in [0.2, 0.25) is 0 Å². The third-order valence-electron chi connectivity index (χ3n) is 4.25. The lowest BCUT2D eigenvalue weighted by atomic mass is 9.98. The summed E-state index contributed by atoms with van der Waals surface area (Å²) < 4.78 is 4.45. The normalized spacial score (nSPS) is 28.4. The lowest BCUT2D eigenvalue weighted by molar-refractivity contribution is -0.122. The highest BCUT2D eigenvalue weighted by molar-refractivity contribution is 5.92. The first kappa shape index (κ1) is 15.3. The maximum absolute atomic E-state index is 11.8. The van der Waals surface area contributed by atoms with Crippen molar-refractivity contribution in [3.63, 3.8) is 0 Å². The van der Waals surface area contributed by atoms with Gasteiger partial charge in [0, 0.05) is 18.1 Å². The van der Waals surface area contributed by atoms with E-state index >= 15 is 0 Å². The second kappa shape index (κ2) is 7.04. The SMILES string of the molecule is CCCN(CC(=O)NC(=O)OC)C1CC2CCC(C1)N2. The number of piperidine rings is 1. The van der Waals surface area contributed by atoms with Crippen LogP contribution in [-0.2, 0) is 9.53 Å². The van der Waals surface area contributed by atoms with Crippen molar-refractivity contribution in [2.75, 3.05) is 20.2 Å². The number of alkyl carbamates (subject to hydrolysis) is 1. The summed E-state index contributed by atoms with van der Waals surface area (Å²) in [5, 5.41) is 5.85. The highest BCUT2D eigenvalue weighted by Gasteiger charge is 2.36. The number of fused-ring (bicyclic) bond motifs is 2. The maximum atomic E-state index is 11.8. The van der Waals surface area contributed by atoms with Crippen LogP contribution in [0.15, 0.2) is 0 Å². The number of nitrogens with one attached hydrogen (secondary N) is 2. The van der Waals surface area contributed by atoms with E-state index in [9.17, 15) is 9.59 Å². The molecule has 6 nitrogen and oxygen atoms in total. The van der Waals surface area contributed by atoms with Gasteiger partial charge in [0.05, 0.1) is 13.7 Å². The minimum absolute atomic E-state index is 0.271. The van der Waals surface area contributed by atoms with Gasteiger partial charge < -0.3 is 10.1 Å². The molecule has 0 aliphatic carbocycles. The van der Waals surface area contributed by atoms with Gasteiger partial charge in [-0.25, -0.2) is 4.79 Å². The molecule has 2 amide bonds. The number of amides is 2. The molecule has 2 aliphatic heterocycles. The molecular formula is C14H25N3O3. The van der Waals surface area contributed by atoms with Crippen molar-refractivity contribution >= 4 is 12.0 Å². The minimum atomic E-state index is -0.683. The number of rotatable bonds is 5. The van der Waals surface area contributed by atoms with E-state index in [0.717, 1.165) is 25.8 Å². The molecule has 2 bridgehead atoms. The number of imide groups is 1. The number of hydrogen-bond acceptors (Lipinski definition) is 5. The second-order valence-corrected chi connectivity index (χ2v) is 5.77. The van der Waals surface area contributed by atoms with Crippen LogP contribution in [0.3, 0.4) is 0 Å². The Balaban J connectivity index is 1.89. The average Bonchev–Trinajstić information content (AvgIpc) is 2.76. The Morgan fingerprint density at radius 3 is 2.50 bits per heavy atom. The van der Waals surface area contributed by atoms with Gasteiger partial charge in [0.15, 0.2) is 0 Å². The summed E-state index contributed by atoms with van der Waals surface area (Å²) in [6, 6.07) is 1.64. The van der Waals surface area contributed by atoms with Crippen LogP contribution in [0.25, 0.3) is 0 Å². The van der Waals surface area contributed by atoms with Crippen molar-refractivity contribution in [2.24, 2.45) is 0 Å². The van der Waals surface area contributed by atoms with Crippen LogP contribution in [0.1, 0.15) is 39.0 Å². The molecule has 2 atom stereocenters. The van der Waals surface area contributed by atoms with E-state index in [-0.39, 0.29) is 12.5 Å². The predicted octanol–water partition coefficient (Wildman–Crippen LogP) is 0.864. The van der Waals surface area contributed by atoms with E-state index in [1.807, 2.05) is 0 Å². The predicted molar refractivity (Wildman–Crippen MR) is 75.4 cm³/mol. The van der Waals surface area contributed by atoms with Gasteiger partial charge in [-0.05, 0) is 38.6 Å². The molecule has 2 rings (SSSR count). The Morgan fingerprint density at radius 1 is 1.30 bits per heavy atom. The van der Waals surface area contributed by atoms with E-state index in [0.29, 0.717) is 18.1 Å². The number of carbonyl (C=O) groups excluding carboxylic acids is 2. The zero-order valence-electron chi connectivity index (χ0n) is 12.4. The summed E-state index contributed by atoms with van der Waals surface area (Å²) in [6.45, 7) is 3.27. The Bertz CT molecular complexity index is 350. The molecule has 114 valence electrons. The van der Waals surface area contributed by atoms with Gasteiger partial charge >= 0.3 is 6.09 Å². The lowest BCUT2D eigenvalue weighted by Crippen LogP contribution is -2.51. The summed E-state index contributed by atoms with van der Waals surface area (Å²) in [4.78, 5) is 25.1. The summed E-state index contributed by atoms with van der Waals surface area (Å²) in [6.07, 6.45) is 5.01. The number of methoxy groups -OCH3 is 1. The van der Waals surface area contributed by atoms with Crippen LogP contribution in [-0.4, -0.2) is 55.2 Å². The molecule has 6 heteroatoms. The highest BCUT2D eigenvalue weighted by atomic mass is 16.5. The largest absolute Gasteiger partial charge is 0.453 e. The monoisotopic (exact) mass is 283 g/mol. The van der Waals surface area contributed by atoms with E-state index in [1.165, 1.54) is 20.0 Å². The first-order valence-electron chi connectivity index (χ1n) is 7.50. The molecule has 0 saturated carbocycles. The average molecular weight is 283 g/mol. The van der Waals surface area contributed by atoms with E-state index in [1.54, 1.807) is 0 Å². The molecule has 0 aromatic rings. The number of ether oxygens (including phenoxy) is 1. The van der Waals surface area contributed by atoms with E-state index < -0.39 is 6.09 Å². The van der Waals surface area contributed by atoms with Crippen molar-refractivity contribution in [3.8, 4) is 0 Å². The molecule has 0 aromatic heterocycles. The van der Waals surface area contributed by atoms with Crippen molar-refractivity contribution in [1.82, 2.24) is 15.5 Å². The van der Waals surface area contributed by atoms with Crippen LogP contribution < -0.4 is 10.6 Å². The summed E-state index contributed by atoms with van der Waals surface area (Å²) in [5.74, 6) is -0.281. The van der Waals surface area contributed by atoms with E-state index in [4.69, 9.17) is 0 Å². The van der Waals surface area contributed by atoms with Crippen molar-refractivity contribution in [1.29, 1.82) is 0 Å². The number of hydrogen-bond donors (Lipinski definition) is 2. The second-order valence-electron chi connectivity index (χ2n) is 5.77. The lowest BCUT2D eigenvalue weighted by Gasteiger charge is -2.37. The fraction of sp³-hybridized carbons (Fsp3) is 0.857. The molecule has 2 N–H and O–H groups in total. The fourth-order valence-electron chi connectivity index (χ4n) is 3.39. The highest BCUT2D eigenvalue weighted by Crippen LogP contribution is 2.29. The van der Waals surface area contributed by atoms with Gasteiger partial charge in [-0.2, -0.15) is 0 Å². The topological polar surface area (TPSA) is 70.7 Å². The van der Waals surface area contributed by atoms with Crippen molar-refractivity contribution < 1.29 is 14.3 Å². The smallest absolute Gasteiger partial charge is 0.413 e. The molecule has 2 aliphatic rings. The molecule has 0 aromatic carbocycles. The third kappa shape index (κ3) is 3.93. The Kier molecular flexibility index (Phi) is 5.37. The van der Waals surface area contributed by atoms with Crippen LogP contribution in [0.4, 0.5) is 4.79 Å². The summed E-state index contributed by atoms with van der Waals surface area (Å²) >= 11 is 0. The molecule has 20 heavy (non-hydrogen) atoms. The molecule has 2 unspecified atom stereocenters. The van der Waals surface area contributed by atoms with Gasteiger partial charge in [0.25, 0.3) is 0 Å². The standard InChI is InChI=1S/C14H25N3O3/c1-3-6-17(9-13(18)16-14(19)20-2)12-7-10-4-5-11(8-12)15-10/h10-12,15H,3-9H2,1-2H3,(H,16,18,19). The first-order valence-corrected chi connectivity index (χ1v) is 7.50. The molecule has 2 heterocycles. The molecule has 0 spiro atoms. The zero-order valence-corrected chi connectivity index (χ0v) is 12.4. The Labute approximate surface area is 120 Å². The van der Waals surface area contributed by atoms with Gasteiger partial charge in [0.2, 0.25) is 5.91 Å². The van der Waals surface area contributed by atoms with Crippen LogP contribution >= 0.6 is 0 Å². The van der Waals surface area contributed by atoms with Crippen molar-refractivity contribution in [2.45, 2.75) is 57.2 Å². The maximum Gasteiger partial charge on any atom is 0.413 e. The van der Waals surface area contributed by atoms with Gasteiger partial charge in [-0.1, -0.05) is 6.92 Å². The summed E-state index contributed by atoms with van der Waals surface area (Å²) in [7, 11) is 1.26. The zero-order chi connectivity index (χ0) is 14.5. The molecule has 0 radical (unpaired) electrons. The summed E-state index contributed by atoms with van der Waals surface area (Å²) in [5.41, 5.74) is 0. The molecule has 2 saturated heterocycles. The molecular weight excluding hydrogens is 258 g/mol. The van der Waals surface area contributed by atoms with Crippen molar-refractivity contribution in [3.05, 3.63) is 0 Å². The Morgan fingerprint density at radius 2 is 1.95 bits per heavy atom. The van der Waals surface area contributed by atoms with Gasteiger partial charge in [-0.15, -0.1) is 0 Å². The number of carbonyl (C=O) groups is 2. The first-order chi connectivity index (χ1) is 9.62. The quantitative estimate of drug-likeness (QED) is 0.783. The van der Waals surface area contributed by atoms with Crippen LogP contribution in [0, 0.1) is 0 Å².